The molecule has 158 valence electrons. The second-order valence-corrected chi connectivity index (χ2v) is 7.64. The van der Waals surface area contributed by atoms with Gasteiger partial charge in [0.25, 0.3) is 5.91 Å². The molecule has 1 aliphatic rings. The molecule has 3 aromatic carbocycles. The van der Waals surface area contributed by atoms with Gasteiger partial charge in [-0.2, -0.15) is 0 Å². The number of anilines is 2. The van der Waals surface area contributed by atoms with E-state index in [4.69, 9.17) is 9.47 Å². The molecule has 31 heavy (non-hydrogen) atoms. The summed E-state index contributed by atoms with van der Waals surface area (Å²) >= 11 is 0. The average molecular weight is 415 g/mol. The van der Waals surface area contributed by atoms with Crippen LogP contribution in [-0.4, -0.2) is 20.1 Å². The lowest BCUT2D eigenvalue weighted by Gasteiger charge is -2.26. The molecule has 1 unspecified atom stereocenters. The van der Waals surface area contributed by atoms with Gasteiger partial charge in [0.1, 0.15) is 5.70 Å². The van der Waals surface area contributed by atoms with Crippen molar-refractivity contribution in [2.24, 2.45) is 0 Å². The molecule has 1 atom stereocenters. The van der Waals surface area contributed by atoms with E-state index in [-0.39, 0.29) is 11.9 Å². The van der Waals surface area contributed by atoms with Gasteiger partial charge in [-0.25, -0.2) is 0 Å². The average Bonchev–Trinajstić information content (AvgIpc) is 3.11. The SMILES string of the molecule is COc1ccc(C2C=C(Nc3ccc(C)cc3)C(=O)N2c2ccc(C)cc2)cc1OC. The van der Waals surface area contributed by atoms with Crippen LogP contribution in [0.15, 0.2) is 78.5 Å². The molecule has 0 radical (unpaired) electrons. The highest BCUT2D eigenvalue weighted by molar-refractivity contribution is 6.11. The van der Waals surface area contributed by atoms with Crippen molar-refractivity contribution in [2.45, 2.75) is 19.9 Å². The topological polar surface area (TPSA) is 50.8 Å². The number of rotatable bonds is 6. The first kappa shape index (κ1) is 20.5. The van der Waals surface area contributed by atoms with E-state index in [0.717, 1.165) is 22.5 Å². The van der Waals surface area contributed by atoms with Crippen LogP contribution in [0, 0.1) is 13.8 Å². The Morgan fingerprint density at radius 3 is 2.03 bits per heavy atom. The molecule has 1 N–H and O–H groups in total. The number of nitrogens with one attached hydrogen (secondary N) is 1. The summed E-state index contributed by atoms with van der Waals surface area (Å²) in [7, 11) is 3.22. The number of ether oxygens (including phenoxy) is 2. The Kier molecular flexibility index (Phi) is 5.67. The zero-order valence-corrected chi connectivity index (χ0v) is 18.2. The van der Waals surface area contributed by atoms with Crippen molar-refractivity contribution >= 4 is 17.3 Å². The summed E-state index contributed by atoms with van der Waals surface area (Å²) < 4.78 is 10.9. The number of methoxy groups -OCH3 is 2. The number of hydrogen-bond donors (Lipinski definition) is 1. The molecular weight excluding hydrogens is 388 g/mol. The first-order valence-corrected chi connectivity index (χ1v) is 10.2. The van der Waals surface area contributed by atoms with Gasteiger partial charge in [0.2, 0.25) is 0 Å². The predicted molar refractivity (Wildman–Crippen MR) is 124 cm³/mol. The van der Waals surface area contributed by atoms with E-state index in [1.54, 1.807) is 19.1 Å². The molecule has 1 amide bonds. The molecular formula is C26H26N2O3. The van der Waals surface area contributed by atoms with Gasteiger partial charge in [-0.15, -0.1) is 0 Å². The van der Waals surface area contributed by atoms with E-state index in [1.807, 2.05) is 86.7 Å². The lowest BCUT2D eigenvalue weighted by Crippen LogP contribution is -2.30. The van der Waals surface area contributed by atoms with Crippen LogP contribution in [0.1, 0.15) is 22.7 Å². The molecule has 3 aromatic rings. The quantitative estimate of drug-likeness (QED) is 0.586. The Morgan fingerprint density at radius 1 is 0.806 bits per heavy atom. The number of amides is 1. The lowest BCUT2D eigenvalue weighted by atomic mass is 10.0. The highest BCUT2D eigenvalue weighted by Gasteiger charge is 2.35. The van der Waals surface area contributed by atoms with E-state index in [9.17, 15) is 4.79 Å². The first-order valence-electron chi connectivity index (χ1n) is 10.2. The first-order chi connectivity index (χ1) is 15.0. The highest BCUT2D eigenvalue weighted by atomic mass is 16.5. The van der Waals surface area contributed by atoms with Crippen LogP contribution < -0.4 is 19.7 Å². The molecule has 4 rings (SSSR count). The van der Waals surface area contributed by atoms with E-state index >= 15 is 0 Å². The van der Waals surface area contributed by atoms with Crippen molar-refractivity contribution in [2.75, 3.05) is 24.4 Å². The van der Waals surface area contributed by atoms with Crippen molar-refractivity contribution < 1.29 is 14.3 Å². The van der Waals surface area contributed by atoms with Gasteiger partial charge in [-0.1, -0.05) is 41.5 Å². The molecule has 0 bridgehead atoms. The smallest absolute Gasteiger partial charge is 0.275 e. The van der Waals surface area contributed by atoms with E-state index in [1.165, 1.54) is 5.56 Å². The third-order valence-electron chi connectivity index (χ3n) is 5.44. The number of carbonyl (C=O) groups is 1. The fraction of sp³-hybridized carbons (Fsp3) is 0.192. The fourth-order valence-electron chi connectivity index (χ4n) is 3.71. The van der Waals surface area contributed by atoms with Crippen molar-refractivity contribution in [1.82, 2.24) is 0 Å². The second kappa shape index (κ2) is 8.56. The molecule has 1 aliphatic heterocycles. The Morgan fingerprint density at radius 2 is 1.42 bits per heavy atom. The zero-order valence-electron chi connectivity index (χ0n) is 18.2. The van der Waals surface area contributed by atoms with Crippen LogP contribution in [0.2, 0.25) is 0 Å². The summed E-state index contributed by atoms with van der Waals surface area (Å²) in [5, 5.41) is 3.29. The van der Waals surface area contributed by atoms with Crippen LogP contribution in [0.5, 0.6) is 11.5 Å². The minimum atomic E-state index is -0.275. The Hall–Kier alpha value is -3.73. The Bertz CT molecular complexity index is 1120. The monoisotopic (exact) mass is 414 g/mol. The van der Waals surface area contributed by atoms with Gasteiger partial charge in [0.05, 0.1) is 20.3 Å². The van der Waals surface area contributed by atoms with Gasteiger partial charge in [0.15, 0.2) is 11.5 Å². The van der Waals surface area contributed by atoms with Crippen LogP contribution in [-0.2, 0) is 4.79 Å². The number of hydrogen-bond acceptors (Lipinski definition) is 4. The lowest BCUT2D eigenvalue weighted by molar-refractivity contribution is -0.114. The Balaban J connectivity index is 1.75. The maximum absolute atomic E-state index is 13.5. The second-order valence-electron chi connectivity index (χ2n) is 7.64. The van der Waals surface area contributed by atoms with Gasteiger partial charge in [0, 0.05) is 11.4 Å². The molecule has 0 saturated carbocycles. The highest BCUT2D eigenvalue weighted by Crippen LogP contribution is 2.39. The van der Waals surface area contributed by atoms with Gasteiger partial charge in [-0.3, -0.25) is 9.69 Å². The molecule has 0 aliphatic carbocycles. The fourth-order valence-corrected chi connectivity index (χ4v) is 3.71. The molecule has 5 heteroatoms. The minimum absolute atomic E-state index is 0.0794. The van der Waals surface area contributed by atoms with Crippen LogP contribution >= 0.6 is 0 Å². The molecule has 0 fully saturated rings. The summed E-state index contributed by atoms with van der Waals surface area (Å²) in [6.07, 6.45) is 1.96. The summed E-state index contributed by atoms with van der Waals surface area (Å²) in [5.41, 5.74) is 5.51. The number of nitrogens with zero attached hydrogens (tertiary/aromatic N) is 1. The summed E-state index contributed by atoms with van der Waals surface area (Å²) in [6, 6.07) is 21.4. The molecule has 0 saturated heterocycles. The summed E-state index contributed by atoms with van der Waals surface area (Å²) in [4.78, 5) is 15.3. The van der Waals surface area contributed by atoms with E-state index in [0.29, 0.717) is 17.2 Å². The van der Waals surface area contributed by atoms with Crippen LogP contribution in [0.4, 0.5) is 11.4 Å². The van der Waals surface area contributed by atoms with Crippen molar-refractivity contribution in [3.05, 3.63) is 95.2 Å². The van der Waals surface area contributed by atoms with Crippen LogP contribution in [0.3, 0.4) is 0 Å². The third-order valence-corrected chi connectivity index (χ3v) is 5.44. The maximum atomic E-state index is 13.5. The van der Waals surface area contributed by atoms with Gasteiger partial charge >= 0.3 is 0 Å². The Labute approximate surface area is 182 Å². The zero-order chi connectivity index (χ0) is 22.0. The summed E-state index contributed by atoms with van der Waals surface area (Å²) in [5.74, 6) is 1.20. The van der Waals surface area contributed by atoms with E-state index < -0.39 is 0 Å². The number of carbonyl (C=O) groups excluding carboxylic acids is 1. The standard InChI is InChI=1S/C26H26N2O3/c1-17-5-10-20(11-6-17)27-22-16-23(19-9-14-24(30-3)25(15-19)31-4)28(26(22)29)21-12-7-18(2)8-13-21/h5-16,23,27H,1-4H3. The van der Waals surface area contributed by atoms with E-state index in [2.05, 4.69) is 5.32 Å². The molecule has 0 spiro atoms. The number of aryl methyl sites for hydroxylation is 2. The van der Waals surface area contributed by atoms with Crippen molar-refractivity contribution in [1.29, 1.82) is 0 Å². The molecule has 5 nitrogen and oxygen atoms in total. The van der Waals surface area contributed by atoms with Gasteiger partial charge < -0.3 is 14.8 Å². The number of benzene rings is 3. The minimum Gasteiger partial charge on any atom is -0.493 e. The van der Waals surface area contributed by atoms with Gasteiger partial charge in [-0.05, 0) is 61.9 Å². The molecule has 0 aromatic heterocycles. The normalized spacial score (nSPS) is 15.6. The third kappa shape index (κ3) is 4.12. The summed E-state index contributed by atoms with van der Waals surface area (Å²) in [6.45, 7) is 4.07. The largest absolute Gasteiger partial charge is 0.493 e. The predicted octanol–water partition coefficient (Wildman–Crippen LogP) is 5.40. The van der Waals surface area contributed by atoms with Crippen LogP contribution in [0.25, 0.3) is 0 Å². The van der Waals surface area contributed by atoms with Crippen molar-refractivity contribution in [3.63, 3.8) is 0 Å². The van der Waals surface area contributed by atoms with Crippen molar-refractivity contribution in [3.8, 4) is 11.5 Å². The molecule has 1 heterocycles. The maximum Gasteiger partial charge on any atom is 0.275 e.